The van der Waals surface area contributed by atoms with Gasteiger partial charge in [0.25, 0.3) is 15.9 Å². The maximum Gasteiger partial charge on any atom is 0.264 e. The lowest BCUT2D eigenvalue weighted by Crippen LogP contribution is -2.51. The number of nitrogens with zero attached hydrogens (tertiary/aromatic N) is 1. The molecular weight excluding hydrogens is 412 g/mol. The molecule has 2 aromatic rings. The number of carbonyl (C=O) groups is 1. The highest BCUT2D eigenvalue weighted by Crippen LogP contribution is 2.37. The zero-order valence-corrected chi connectivity index (χ0v) is 19.3. The van der Waals surface area contributed by atoms with Crippen molar-refractivity contribution < 1.29 is 17.9 Å². The summed E-state index contributed by atoms with van der Waals surface area (Å²) in [6.07, 6.45) is 3.40. The number of carbonyl (C=O) groups excluding carboxylic acids is 1. The Morgan fingerprint density at radius 3 is 2.61 bits per heavy atom. The molecule has 1 heterocycles. The van der Waals surface area contributed by atoms with E-state index in [1.54, 1.807) is 42.5 Å². The summed E-state index contributed by atoms with van der Waals surface area (Å²) >= 11 is 0. The fourth-order valence-electron chi connectivity index (χ4n) is 3.75. The van der Waals surface area contributed by atoms with Crippen LogP contribution in [-0.2, 0) is 14.8 Å². The summed E-state index contributed by atoms with van der Waals surface area (Å²) in [5.74, 6) is 0.533. The Balaban J connectivity index is 1.84. The lowest BCUT2D eigenvalue weighted by molar-refractivity contribution is -0.127. The molecule has 0 spiro atoms. The van der Waals surface area contributed by atoms with Crippen LogP contribution in [0.2, 0.25) is 0 Å². The van der Waals surface area contributed by atoms with Gasteiger partial charge in [-0.05, 0) is 49.1 Å². The van der Waals surface area contributed by atoms with Crippen LogP contribution in [0.4, 0.5) is 5.69 Å². The number of aryl methyl sites for hydroxylation is 1. The highest BCUT2D eigenvalue weighted by atomic mass is 32.2. The number of fused-ring (bicyclic) bond motifs is 1. The Hall–Kier alpha value is -2.54. The Morgan fingerprint density at radius 2 is 1.94 bits per heavy atom. The number of ether oxygens (including phenoxy) is 1. The maximum absolute atomic E-state index is 13.4. The van der Waals surface area contributed by atoms with E-state index in [0.717, 1.165) is 31.2 Å². The van der Waals surface area contributed by atoms with Gasteiger partial charge in [-0.2, -0.15) is 0 Å². The molecule has 2 aromatic carbocycles. The number of amides is 1. The normalized spacial score (nSPS) is 16.9. The van der Waals surface area contributed by atoms with Gasteiger partial charge in [0.2, 0.25) is 0 Å². The average molecular weight is 445 g/mol. The number of benzene rings is 2. The van der Waals surface area contributed by atoms with Crippen LogP contribution in [0, 0.1) is 12.8 Å². The third-order valence-electron chi connectivity index (χ3n) is 5.72. The monoisotopic (exact) mass is 444 g/mol. The van der Waals surface area contributed by atoms with E-state index in [2.05, 4.69) is 19.2 Å². The molecule has 0 radical (unpaired) electrons. The molecule has 1 aliphatic rings. The minimum Gasteiger partial charge on any atom is -0.476 e. The van der Waals surface area contributed by atoms with Gasteiger partial charge in [-0.3, -0.25) is 9.10 Å². The van der Waals surface area contributed by atoms with E-state index in [1.807, 2.05) is 13.0 Å². The Labute approximate surface area is 185 Å². The highest BCUT2D eigenvalue weighted by Gasteiger charge is 2.37. The molecule has 7 heteroatoms. The number of unbranched alkanes of at least 4 members (excludes halogenated alkanes) is 1. The van der Waals surface area contributed by atoms with E-state index in [0.29, 0.717) is 23.9 Å². The molecule has 1 N–H and O–H groups in total. The molecule has 2 atom stereocenters. The fourth-order valence-corrected chi connectivity index (χ4v) is 5.24. The molecule has 31 heavy (non-hydrogen) atoms. The largest absolute Gasteiger partial charge is 0.476 e. The molecule has 168 valence electrons. The predicted molar refractivity (Wildman–Crippen MR) is 123 cm³/mol. The van der Waals surface area contributed by atoms with Gasteiger partial charge in [-0.1, -0.05) is 57.4 Å². The minimum atomic E-state index is -3.83. The number of rotatable bonds is 9. The molecular formula is C24H32N2O4S. The molecule has 3 rings (SSSR count). The summed E-state index contributed by atoms with van der Waals surface area (Å²) in [5.41, 5.74) is 1.38. The van der Waals surface area contributed by atoms with Gasteiger partial charge < -0.3 is 10.1 Å². The van der Waals surface area contributed by atoms with Crippen molar-refractivity contribution >= 4 is 21.6 Å². The summed E-state index contributed by atoms with van der Waals surface area (Å²) in [7, 11) is -3.83. The quantitative estimate of drug-likeness (QED) is 0.626. The highest BCUT2D eigenvalue weighted by molar-refractivity contribution is 7.92. The van der Waals surface area contributed by atoms with Gasteiger partial charge in [0.15, 0.2) is 6.10 Å². The van der Waals surface area contributed by atoms with Crippen molar-refractivity contribution in [1.82, 2.24) is 5.32 Å². The molecule has 0 saturated carbocycles. The van der Waals surface area contributed by atoms with E-state index < -0.39 is 16.1 Å². The molecule has 1 amide bonds. The second-order valence-corrected chi connectivity index (χ2v) is 9.95. The van der Waals surface area contributed by atoms with Crippen LogP contribution in [-0.4, -0.2) is 33.5 Å². The lowest BCUT2D eigenvalue weighted by atomic mass is 9.99. The Bertz CT molecular complexity index is 992. The Morgan fingerprint density at radius 1 is 1.19 bits per heavy atom. The molecule has 1 aliphatic heterocycles. The number of nitrogens with one attached hydrogen (secondary N) is 1. The first-order valence-electron chi connectivity index (χ1n) is 11.0. The predicted octanol–water partition coefficient (Wildman–Crippen LogP) is 4.28. The molecule has 0 fully saturated rings. The fraction of sp³-hybridized carbons (Fsp3) is 0.458. The van der Waals surface area contributed by atoms with Gasteiger partial charge in [0, 0.05) is 6.54 Å². The number of hydrogen-bond donors (Lipinski definition) is 1. The third kappa shape index (κ3) is 5.39. The van der Waals surface area contributed by atoms with Crippen molar-refractivity contribution in [3.63, 3.8) is 0 Å². The van der Waals surface area contributed by atoms with Crippen LogP contribution < -0.4 is 14.4 Å². The van der Waals surface area contributed by atoms with Gasteiger partial charge in [0.1, 0.15) is 5.75 Å². The minimum absolute atomic E-state index is 0.0646. The first-order valence-corrected chi connectivity index (χ1v) is 12.4. The summed E-state index contributed by atoms with van der Waals surface area (Å²) in [6, 6.07) is 13.6. The molecule has 0 aromatic heterocycles. The van der Waals surface area contributed by atoms with Gasteiger partial charge in [-0.25, -0.2) is 8.42 Å². The zero-order valence-electron chi connectivity index (χ0n) is 18.5. The molecule has 0 aliphatic carbocycles. The van der Waals surface area contributed by atoms with E-state index in [-0.39, 0.29) is 17.3 Å². The number of sulfonamides is 1. The van der Waals surface area contributed by atoms with Crippen LogP contribution in [0.5, 0.6) is 5.75 Å². The van der Waals surface area contributed by atoms with Crippen molar-refractivity contribution in [3.05, 3.63) is 54.1 Å². The van der Waals surface area contributed by atoms with Gasteiger partial charge in [0.05, 0.1) is 17.1 Å². The summed E-state index contributed by atoms with van der Waals surface area (Å²) < 4.78 is 34.0. The van der Waals surface area contributed by atoms with E-state index in [9.17, 15) is 13.2 Å². The number of hydrogen-bond acceptors (Lipinski definition) is 4. The number of anilines is 1. The van der Waals surface area contributed by atoms with Crippen LogP contribution in [0.15, 0.2) is 53.4 Å². The van der Waals surface area contributed by atoms with Crippen LogP contribution in [0.25, 0.3) is 0 Å². The lowest BCUT2D eigenvalue weighted by Gasteiger charge is -2.35. The van der Waals surface area contributed by atoms with E-state index in [1.165, 1.54) is 4.31 Å². The second-order valence-electron chi connectivity index (χ2n) is 8.09. The van der Waals surface area contributed by atoms with E-state index >= 15 is 0 Å². The maximum atomic E-state index is 13.4. The third-order valence-corrected chi connectivity index (χ3v) is 7.51. The van der Waals surface area contributed by atoms with Crippen molar-refractivity contribution in [2.45, 2.75) is 57.5 Å². The first-order chi connectivity index (χ1) is 14.9. The molecule has 0 bridgehead atoms. The van der Waals surface area contributed by atoms with Gasteiger partial charge in [-0.15, -0.1) is 0 Å². The summed E-state index contributed by atoms with van der Waals surface area (Å²) in [6.45, 7) is 6.69. The second kappa shape index (κ2) is 10.2. The topological polar surface area (TPSA) is 75.7 Å². The Kier molecular flexibility index (Phi) is 7.59. The van der Waals surface area contributed by atoms with Gasteiger partial charge >= 0.3 is 0 Å². The zero-order chi connectivity index (χ0) is 22.4. The van der Waals surface area contributed by atoms with Crippen molar-refractivity contribution in [1.29, 1.82) is 0 Å². The SMILES string of the molecule is CCCC[C@@H](CC)CNC(=O)[C@H]1CN(S(=O)(=O)c2ccccc2)c2ccc(C)cc2O1. The van der Waals surface area contributed by atoms with Crippen molar-refractivity contribution in [3.8, 4) is 5.75 Å². The smallest absolute Gasteiger partial charge is 0.264 e. The van der Waals surface area contributed by atoms with E-state index in [4.69, 9.17) is 4.74 Å². The van der Waals surface area contributed by atoms with Crippen molar-refractivity contribution in [2.24, 2.45) is 5.92 Å². The first kappa shape index (κ1) is 23.1. The molecule has 0 saturated heterocycles. The summed E-state index contributed by atoms with van der Waals surface area (Å²) in [4.78, 5) is 13.1. The summed E-state index contributed by atoms with van der Waals surface area (Å²) in [5, 5.41) is 2.98. The molecule has 0 unspecified atom stereocenters. The standard InChI is InChI=1S/C24H32N2O4S/c1-4-6-10-19(5-2)16-25-24(27)23-17-26(21-14-13-18(3)15-22(21)30-23)31(28,29)20-11-8-7-9-12-20/h7-9,11-15,19,23H,4-6,10,16-17H2,1-3H3,(H,25,27)/t19-,23-/m1/s1. The van der Waals surface area contributed by atoms with Crippen LogP contribution in [0.3, 0.4) is 0 Å². The van der Waals surface area contributed by atoms with Crippen LogP contribution in [0.1, 0.15) is 45.1 Å². The van der Waals surface area contributed by atoms with Crippen molar-refractivity contribution in [2.75, 3.05) is 17.4 Å². The molecule has 6 nitrogen and oxygen atoms in total. The van der Waals surface area contributed by atoms with Crippen LogP contribution >= 0.6 is 0 Å². The average Bonchev–Trinajstić information content (AvgIpc) is 2.78.